The zero-order chi connectivity index (χ0) is 13.8. The number of fused-ring (bicyclic) bond motifs is 1. The molecule has 0 saturated heterocycles. The van der Waals surface area contributed by atoms with Crippen molar-refractivity contribution in [1.29, 1.82) is 0 Å². The highest BCUT2D eigenvalue weighted by molar-refractivity contribution is 5.73. The van der Waals surface area contributed by atoms with Crippen LogP contribution < -0.4 is 0 Å². The number of rotatable bonds is 3. The summed E-state index contributed by atoms with van der Waals surface area (Å²) in [5.74, 6) is 0.631. The highest BCUT2D eigenvalue weighted by atomic mass is 16.3. The van der Waals surface area contributed by atoms with Gasteiger partial charge in [0.1, 0.15) is 5.52 Å². The molecule has 0 saturated carbocycles. The van der Waals surface area contributed by atoms with E-state index in [1.54, 1.807) is 0 Å². The molecule has 0 N–H and O–H groups in total. The molecule has 98 valence electrons. The molecule has 0 unspecified atom stereocenters. The molecule has 1 aromatic heterocycles. The van der Waals surface area contributed by atoms with E-state index in [1.165, 1.54) is 5.56 Å². The maximum atomic E-state index is 5.64. The van der Waals surface area contributed by atoms with E-state index in [0.717, 1.165) is 16.7 Å². The number of allylic oxidation sites excluding steroid dienone is 2. The molecule has 3 aromatic rings. The summed E-state index contributed by atoms with van der Waals surface area (Å²) in [5, 5.41) is 0. The average molecular weight is 261 g/mol. The number of nitrogens with zero attached hydrogens (tertiary/aromatic N) is 1. The van der Waals surface area contributed by atoms with Crippen LogP contribution in [0.3, 0.4) is 0 Å². The molecule has 0 aliphatic heterocycles. The van der Waals surface area contributed by atoms with Gasteiger partial charge >= 0.3 is 0 Å². The second kappa shape index (κ2) is 5.57. The van der Waals surface area contributed by atoms with Crippen LogP contribution in [0.2, 0.25) is 0 Å². The Morgan fingerprint density at radius 3 is 2.55 bits per heavy atom. The first-order valence-electron chi connectivity index (χ1n) is 6.58. The van der Waals surface area contributed by atoms with Gasteiger partial charge < -0.3 is 4.42 Å². The van der Waals surface area contributed by atoms with Crippen LogP contribution in [0.4, 0.5) is 0 Å². The van der Waals surface area contributed by atoms with Crippen molar-refractivity contribution in [3.8, 4) is 0 Å². The minimum atomic E-state index is 0.631. The Balaban J connectivity index is 1.81. The van der Waals surface area contributed by atoms with Crippen molar-refractivity contribution >= 4 is 23.3 Å². The van der Waals surface area contributed by atoms with Crippen LogP contribution in [0.25, 0.3) is 23.3 Å². The minimum absolute atomic E-state index is 0.631. The molecule has 0 aliphatic rings. The third-order valence-electron chi connectivity index (χ3n) is 2.99. The van der Waals surface area contributed by atoms with E-state index in [1.807, 2.05) is 54.6 Å². The van der Waals surface area contributed by atoms with Gasteiger partial charge in [0.25, 0.3) is 0 Å². The van der Waals surface area contributed by atoms with E-state index in [-0.39, 0.29) is 0 Å². The van der Waals surface area contributed by atoms with Crippen molar-refractivity contribution in [3.05, 3.63) is 77.7 Å². The van der Waals surface area contributed by atoms with E-state index in [9.17, 15) is 0 Å². The van der Waals surface area contributed by atoms with Gasteiger partial charge in [0, 0.05) is 6.08 Å². The van der Waals surface area contributed by atoms with E-state index in [0.29, 0.717) is 5.89 Å². The summed E-state index contributed by atoms with van der Waals surface area (Å²) in [4.78, 5) is 4.41. The molecule has 0 bridgehead atoms. The molecule has 2 nitrogen and oxygen atoms in total. The Hall–Kier alpha value is -2.61. The second-order valence-electron chi connectivity index (χ2n) is 4.65. The van der Waals surface area contributed by atoms with Gasteiger partial charge in [-0.25, -0.2) is 4.98 Å². The molecule has 1 heterocycles. The first kappa shape index (κ1) is 12.4. The normalized spacial score (nSPS) is 12.3. The molecular formula is C18H15NO. The summed E-state index contributed by atoms with van der Waals surface area (Å²) in [6, 6.07) is 18.0. The first-order valence-corrected chi connectivity index (χ1v) is 6.58. The Kier molecular flexibility index (Phi) is 3.46. The van der Waals surface area contributed by atoms with Gasteiger partial charge in [-0.2, -0.15) is 0 Å². The van der Waals surface area contributed by atoms with Crippen LogP contribution in [0, 0.1) is 0 Å². The van der Waals surface area contributed by atoms with Gasteiger partial charge in [0.15, 0.2) is 5.58 Å². The summed E-state index contributed by atoms with van der Waals surface area (Å²) < 4.78 is 5.64. The second-order valence-corrected chi connectivity index (χ2v) is 4.65. The van der Waals surface area contributed by atoms with E-state index >= 15 is 0 Å². The fourth-order valence-corrected chi connectivity index (χ4v) is 2.02. The smallest absolute Gasteiger partial charge is 0.220 e. The molecule has 0 aliphatic carbocycles. The Bertz CT molecular complexity index is 733. The average Bonchev–Trinajstić information content (AvgIpc) is 2.89. The molecule has 0 amide bonds. The number of aromatic nitrogens is 1. The van der Waals surface area contributed by atoms with Gasteiger partial charge in [-0.15, -0.1) is 0 Å². The zero-order valence-electron chi connectivity index (χ0n) is 11.3. The lowest BCUT2D eigenvalue weighted by Gasteiger charge is -1.94. The van der Waals surface area contributed by atoms with Crippen molar-refractivity contribution < 1.29 is 4.42 Å². The van der Waals surface area contributed by atoms with Crippen LogP contribution in [0.5, 0.6) is 0 Å². The SMILES string of the molecule is CC(=C/c1ccccc1)/C=C/c1nc2ccccc2o1. The first-order chi connectivity index (χ1) is 9.81. The summed E-state index contributed by atoms with van der Waals surface area (Å²) in [6.07, 6.45) is 6.03. The van der Waals surface area contributed by atoms with Crippen molar-refractivity contribution in [2.24, 2.45) is 0 Å². The standard InChI is InChI=1S/C18H15NO/c1-14(13-15-7-3-2-4-8-15)11-12-18-19-16-9-5-6-10-17(16)20-18/h2-13H,1H3/b12-11+,14-13-. The fourth-order valence-electron chi connectivity index (χ4n) is 2.02. The van der Waals surface area contributed by atoms with Gasteiger partial charge in [0.05, 0.1) is 0 Å². The highest BCUT2D eigenvalue weighted by Crippen LogP contribution is 2.16. The van der Waals surface area contributed by atoms with Crippen molar-refractivity contribution in [2.45, 2.75) is 6.92 Å². The van der Waals surface area contributed by atoms with Crippen LogP contribution in [-0.4, -0.2) is 4.98 Å². The van der Waals surface area contributed by atoms with E-state index < -0.39 is 0 Å². The Morgan fingerprint density at radius 2 is 1.75 bits per heavy atom. The summed E-state index contributed by atoms with van der Waals surface area (Å²) in [7, 11) is 0. The molecule has 2 aromatic carbocycles. The lowest BCUT2D eigenvalue weighted by molar-refractivity contribution is 0.589. The van der Waals surface area contributed by atoms with Crippen molar-refractivity contribution in [2.75, 3.05) is 0 Å². The highest BCUT2D eigenvalue weighted by Gasteiger charge is 2.00. The Morgan fingerprint density at radius 1 is 1.00 bits per heavy atom. The topological polar surface area (TPSA) is 26.0 Å². The minimum Gasteiger partial charge on any atom is -0.437 e. The molecule has 0 fully saturated rings. The van der Waals surface area contributed by atoms with Gasteiger partial charge in [-0.3, -0.25) is 0 Å². The molecule has 0 spiro atoms. The molecule has 0 radical (unpaired) electrons. The largest absolute Gasteiger partial charge is 0.437 e. The molecule has 20 heavy (non-hydrogen) atoms. The maximum Gasteiger partial charge on any atom is 0.220 e. The van der Waals surface area contributed by atoms with Crippen molar-refractivity contribution in [1.82, 2.24) is 4.98 Å². The number of hydrogen-bond acceptors (Lipinski definition) is 2. The zero-order valence-corrected chi connectivity index (χ0v) is 11.3. The van der Waals surface area contributed by atoms with Gasteiger partial charge in [-0.1, -0.05) is 60.2 Å². The third kappa shape index (κ3) is 2.86. The van der Waals surface area contributed by atoms with Gasteiger partial charge in [-0.05, 0) is 24.6 Å². The number of benzene rings is 2. The van der Waals surface area contributed by atoms with Crippen LogP contribution in [0.15, 0.2) is 70.7 Å². The van der Waals surface area contributed by atoms with Crippen molar-refractivity contribution in [3.63, 3.8) is 0 Å². The quantitative estimate of drug-likeness (QED) is 0.624. The third-order valence-corrected chi connectivity index (χ3v) is 2.99. The number of oxazole rings is 1. The number of para-hydroxylation sites is 2. The van der Waals surface area contributed by atoms with Crippen LogP contribution in [-0.2, 0) is 0 Å². The predicted octanol–water partition coefficient (Wildman–Crippen LogP) is 4.94. The van der Waals surface area contributed by atoms with Gasteiger partial charge in [0.2, 0.25) is 5.89 Å². The lowest BCUT2D eigenvalue weighted by Crippen LogP contribution is -1.74. The lowest BCUT2D eigenvalue weighted by atomic mass is 10.1. The summed E-state index contributed by atoms with van der Waals surface area (Å²) >= 11 is 0. The van der Waals surface area contributed by atoms with Crippen LogP contribution in [0.1, 0.15) is 18.4 Å². The summed E-state index contributed by atoms with van der Waals surface area (Å²) in [5.41, 5.74) is 4.04. The number of hydrogen-bond donors (Lipinski definition) is 0. The monoisotopic (exact) mass is 261 g/mol. The Labute approximate surface area is 118 Å². The fraction of sp³-hybridized carbons (Fsp3) is 0.0556. The predicted molar refractivity (Wildman–Crippen MR) is 83.1 cm³/mol. The van der Waals surface area contributed by atoms with E-state index in [4.69, 9.17) is 4.42 Å². The van der Waals surface area contributed by atoms with Crippen LogP contribution >= 0.6 is 0 Å². The molecule has 3 rings (SSSR count). The molecule has 0 atom stereocenters. The molecular weight excluding hydrogens is 246 g/mol. The summed E-state index contributed by atoms with van der Waals surface area (Å²) in [6.45, 7) is 2.06. The maximum absolute atomic E-state index is 5.64. The molecule has 2 heteroatoms. The van der Waals surface area contributed by atoms with E-state index in [2.05, 4.69) is 30.1 Å².